The number of piperidine rings is 1. The number of rotatable bonds is 4. The Bertz CT molecular complexity index is 428. The van der Waals surface area contributed by atoms with Crippen LogP contribution in [0.1, 0.15) is 30.4 Å². The number of phenolic OH excluding ortho intramolecular Hbond substituents is 1. The number of nitrogens with zero attached hydrogens (tertiary/aromatic N) is 1. The van der Waals surface area contributed by atoms with Gasteiger partial charge in [-0.1, -0.05) is 12.5 Å². The van der Waals surface area contributed by atoms with Crippen molar-refractivity contribution in [3.63, 3.8) is 0 Å². The quantitative estimate of drug-likeness (QED) is 0.877. The summed E-state index contributed by atoms with van der Waals surface area (Å²) in [6.07, 6.45) is 4.21. The maximum atomic E-state index is 13.8. The fraction of sp³-hybridized carbons (Fsp3) is 0.600. The molecule has 0 aromatic heterocycles. The van der Waals surface area contributed by atoms with Crippen LogP contribution < -0.4 is 5.32 Å². The van der Waals surface area contributed by atoms with Crippen LogP contribution in [0.5, 0.6) is 5.75 Å². The number of hydrogen-bond donors (Lipinski definition) is 2. The molecular weight excluding hydrogens is 243 g/mol. The van der Waals surface area contributed by atoms with E-state index in [0.29, 0.717) is 19.0 Å². The minimum Gasteiger partial charge on any atom is -0.505 e. The minimum absolute atomic E-state index is 0.185. The van der Waals surface area contributed by atoms with Gasteiger partial charge in [0, 0.05) is 12.6 Å². The van der Waals surface area contributed by atoms with E-state index < -0.39 is 5.82 Å². The molecule has 0 saturated carbocycles. The zero-order valence-corrected chi connectivity index (χ0v) is 11.7. The van der Waals surface area contributed by atoms with Gasteiger partial charge in [-0.05, 0) is 57.1 Å². The van der Waals surface area contributed by atoms with Gasteiger partial charge in [-0.2, -0.15) is 0 Å². The lowest BCUT2D eigenvalue weighted by Gasteiger charge is -2.24. The summed E-state index contributed by atoms with van der Waals surface area (Å²) >= 11 is 0. The molecule has 1 saturated heterocycles. The lowest BCUT2D eigenvalue weighted by atomic mass is 9.96. The smallest absolute Gasteiger partial charge is 0.165 e. The van der Waals surface area contributed by atoms with Gasteiger partial charge >= 0.3 is 0 Å². The van der Waals surface area contributed by atoms with E-state index in [9.17, 15) is 9.50 Å². The molecule has 0 spiro atoms. The lowest BCUT2D eigenvalue weighted by Crippen LogP contribution is -2.35. The Morgan fingerprint density at radius 2 is 2.16 bits per heavy atom. The molecule has 1 aromatic rings. The Morgan fingerprint density at radius 3 is 2.79 bits per heavy atom. The van der Waals surface area contributed by atoms with Gasteiger partial charge < -0.3 is 15.3 Å². The van der Waals surface area contributed by atoms with E-state index in [4.69, 9.17) is 0 Å². The van der Waals surface area contributed by atoms with E-state index in [0.717, 1.165) is 24.1 Å². The Balaban J connectivity index is 2.15. The number of hydrogen-bond acceptors (Lipinski definition) is 3. The lowest BCUT2D eigenvalue weighted by molar-refractivity contribution is 0.380. The summed E-state index contributed by atoms with van der Waals surface area (Å²) in [4.78, 5) is 1.99. The number of nitrogens with one attached hydrogen (secondary N) is 1. The number of phenols is 1. The van der Waals surface area contributed by atoms with Gasteiger partial charge in [-0.3, -0.25) is 0 Å². The molecular formula is C15H23FN2O. The van der Waals surface area contributed by atoms with E-state index in [1.54, 1.807) is 0 Å². The molecule has 0 aliphatic carbocycles. The predicted octanol–water partition coefficient (Wildman–Crippen LogP) is 2.28. The third-order valence-corrected chi connectivity index (χ3v) is 3.58. The molecule has 1 atom stereocenters. The summed E-state index contributed by atoms with van der Waals surface area (Å²) in [5, 5.41) is 13.3. The summed E-state index contributed by atoms with van der Waals surface area (Å²) < 4.78 is 13.8. The maximum absolute atomic E-state index is 13.8. The largest absolute Gasteiger partial charge is 0.505 e. The summed E-state index contributed by atoms with van der Waals surface area (Å²) in [7, 11) is 3.90. The van der Waals surface area contributed by atoms with Crippen molar-refractivity contribution in [2.75, 3.05) is 20.6 Å². The molecule has 1 aliphatic rings. The standard InChI is InChI=1S/C15H23FN2O/c1-18(2)10-11-7-12(15(19)14(16)8-11)9-13-5-3-4-6-17-13/h7-8,13,17,19H,3-6,9-10H2,1-2H3. The highest BCUT2D eigenvalue weighted by molar-refractivity contribution is 5.38. The molecule has 0 bridgehead atoms. The van der Waals surface area contributed by atoms with Crippen molar-refractivity contribution in [3.8, 4) is 5.75 Å². The molecule has 2 rings (SSSR count). The molecule has 1 fully saturated rings. The summed E-state index contributed by atoms with van der Waals surface area (Å²) in [5.74, 6) is -0.694. The minimum atomic E-state index is -0.509. The average Bonchev–Trinajstić information content (AvgIpc) is 2.36. The van der Waals surface area contributed by atoms with Crippen LogP contribution in [0, 0.1) is 5.82 Å². The van der Waals surface area contributed by atoms with Crippen molar-refractivity contribution in [3.05, 3.63) is 29.1 Å². The average molecular weight is 266 g/mol. The summed E-state index contributed by atoms with van der Waals surface area (Å²) in [5.41, 5.74) is 1.63. The first kappa shape index (κ1) is 14.3. The van der Waals surface area contributed by atoms with Gasteiger partial charge in [0.2, 0.25) is 0 Å². The highest BCUT2D eigenvalue weighted by Gasteiger charge is 2.17. The van der Waals surface area contributed by atoms with Gasteiger partial charge in [0.15, 0.2) is 11.6 Å². The molecule has 1 heterocycles. The molecule has 1 aromatic carbocycles. The van der Waals surface area contributed by atoms with Crippen LogP contribution in [0.4, 0.5) is 4.39 Å². The first-order valence-corrected chi connectivity index (χ1v) is 6.94. The summed E-state index contributed by atoms with van der Waals surface area (Å²) in [6, 6.07) is 3.70. The molecule has 1 aliphatic heterocycles. The van der Waals surface area contributed by atoms with Crippen LogP contribution in [0.25, 0.3) is 0 Å². The maximum Gasteiger partial charge on any atom is 0.165 e. The van der Waals surface area contributed by atoms with Crippen LogP contribution in [0.2, 0.25) is 0 Å². The van der Waals surface area contributed by atoms with Gasteiger partial charge in [-0.15, -0.1) is 0 Å². The normalized spacial score (nSPS) is 19.9. The monoisotopic (exact) mass is 266 g/mol. The fourth-order valence-electron chi connectivity index (χ4n) is 2.69. The van der Waals surface area contributed by atoms with Crippen molar-refractivity contribution in [2.24, 2.45) is 0 Å². The molecule has 0 amide bonds. The van der Waals surface area contributed by atoms with Gasteiger partial charge in [0.25, 0.3) is 0 Å². The Hall–Kier alpha value is -1.13. The second-order valence-corrected chi connectivity index (χ2v) is 5.67. The second kappa shape index (κ2) is 6.35. The molecule has 19 heavy (non-hydrogen) atoms. The van der Waals surface area contributed by atoms with E-state index >= 15 is 0 Å². The molecule has 4 heteroatoms. The van der Waals surface area contributed by atoms with Crippen LogP contribution in [0.3, 0.4) is 0 Å². The van der Waals surface area contributed by atoms with E-state index in [1.807, 2.05) is 25.1 Å². The topological polar surface area (TPSA) is 35.5 Å². The van der Waals surface area contributed by atoms with Crippen molar-refractivity contribution in [2.45, 2.75) is 38.3 Å². The van der Waals surface area contributed by atoms with Crippen molar-refractivity contribution in [1.29, 1.82) is 0 Å². The molecule has 3 nitrogen and oxygen atoms in total. The zero-order chi connectivity index (χ0) is 13.8. The molecule has 1 unspecified atom stereocenters. The van der Waals surface area contributed by atoms with Crippen LogP contribution in [-0.2, 0) is 13.0 Å². The number of benzene rings is 1. The first-order valence-electron chi connectivity index (χ1n) is 6.94. The van der Waals surface area contributed by atoms with Crippen LogP contribution >= 0.6 is 0 Å². The summed E-state index contributed by atoms with van der Waals surface area (Å²) in [6.45, 7) is 1.70. The number of halogens is 1. The van der Waals surface area contributed by atoms with Crippen LogP contribution in [0.15, 0.2) is 12.1 Å². The van der Waals surface area contributed by atoms with E-state index in [2.05, 4.69) is 5.32 Å². The molecule has 106 valence electrons. The van der Waals surface area contributed by atoms with Crippen molar-refractivity contribution < 1.29 is 9.50 Å². The second-order valence-electron chi connectivity index (χ2n) is 5.67. The third kappa shape index (κ3) is 3.91. The SMILES string of the molecule is CN(C)Cc1cc(F)c(O)c(CC2CCCCN2)c1. The van der Waals surface area contributed by atoms with Crippen molar-refractivity contribution in [1.82, 2.24) is 10.2 Å². The first-order chi connectivity index (χ1) is 9.06. The predicted molar refractivity (Wildman–Crippen MR) is 74.8 cm³/mol. The van der Waals surface area contributed by atoms with Gasteiger partial charge in [0.1, 0.15) is 0 Å². The van der Waals surface area contributed by atoms with E-state index in [-0.39, 0.29) is 5.75 Å². The van der Waals surface area contributed by atoms with Gasteiger partial charge in [0.05, 0.1) is 0 Å². The Labute approximate surface area is 114 Å². The zero-order valence-electron chi connectivity index (χ0n) is 11.7. The number of aromatic hydroxyl groups is 1. The highest BCUT2D eigenvalue weighted by Crippen LogP contribution is 2.26. The van der Waals surface area contributed by atoms with E-state index in [1.165, 1.54) is 18.9 Å². The van der Waals surface area contributed by atoms with Crippen LogP contribution in [-0.4, -0.2) is 36.7 Å². The third-order valence-electron chi connectivity index (χ3n) is 3.58. The fourth-order valence-corrected chi connectivity index (χ4v) is 2.69. The molecule has 0 radical (unpaired) electrons. The highest BCUT2D eigenvalue weighted by atomic mass is 19.1. The van der Waals surface area contributed by atoms with Crippen molar-refractivity contribution >= 4 is 0 Å². The Kier molecular flexibility index (Phi) is 4.77. The van der Waals surface area contributed by atoms with Gasteiger partial charge in [-0.25, -0.2) is 4.39 Å². The Morgan fingerprint density at radius 1 is 1.37 bits per heavy atom. The molecule has 2 N–H and O–H groups in total.